The second-order valence-corrected chi connectivity index (χ2v) is 10.2. The lowest BCUT2D eigenvalue weighted by Gasteiger charge is -2.59. The first kappa shape index (κ1) is 17.2. The molecule has 0 bridgehead atoms. The van der Waals surface area contributed by atoms with Crippen LogP contribution < -0.4 is 0 Å². The molecule has 0 amide bonds. The molecule has 0 aromatic heterocycles. The van der Waals surface area contributed by atoms with Crippen LogP contribution in [-0.4, -0.2) is 52.5 Å². The van der Waals surface area contributed by atoms with Crippen LogP contribution >= 0.6 is 0 Å². The Morgan fingerprint density at radius 3 is 2.94 bits per heavy atom. The predicted molar refractivity (Wildman–Crippen MR) is 113 cm³/mol. The molecular formula is C25H34O6. The van der Waals surface area contributed by atoms with Gasteiger partial charge in [0.15, 0.2) is 23.4 Å². The molecule has 9 atom stereocenters. The van der Waals surface area contributed by atoms with Crippen LogP contribution in [0.2, 0.25) is 0 Å². The number of aliphatic hydroxyl groups is 2. The topological polar surface area (TPSA) is 93.1 Å². The van der Waals surface area contributed by atoms with Crippen molar-refractivity contribution in [1.29, 1.82) is 0 Å². The Morgan fingerprint density at radius 1 is 1.45 bits per heavy atom. The molecule has 6 heteroatoms. The molecule has 1 saturated heterocycles. The van der Waals surface area contributed by atoms with E-state index >= 15 is 0 Å². The number of aliphatic hydroxyl groups excluding tert-OH is 2. The molecule has 3 saturated carbocycles. The molecule has 0 radical (unpaired) electrons. The number of hydrogen-bond acceptors (Lipinski definition) is 6. The van der Waals surface area contributed by atoms with Gasteiger partial charge in [-0.05, 0) is 56.0 Å². The highest BCUT2D eigenvalue weighted by Gasteiger charge is 2.75. The molecule has 6 nitrogen and oxygen atoms in total. The highest BCUT2D eigenvalue weighted by Crippen LogP contribution is 2.69. The van der Waals surface area contributed by atoms with E-state index in [1.807, 2.05) is 13.8 Å². The Bertz CT molecular complexity index is 1040. The largest absolute Gasteiger partial charge is 0.393 e. The summed E-state index contributed by atoms with van der Waals surface area (Å²) in [5.74, 6) is -2.28. The Morgan fingerprint density at radius 2 is 2.23 bits per heavy atom. The zero-order valence-electron chi connectivity index (χ0n) is 22.3. The van der Waals surface area contributed by atoms with Gasteiger partial charge >= 0.3 is 0 Å². The van der Waals surface area contributed by atoms with E-state index in [9.17, 15) is 19.8 Å². The first-order chi connectivity index (χ1) is 16.2. The number of Topliss-reactive ketones (excluding diaryl/α,β-unsaturated/α-hetero) is 1. The van der Waals surface area contributed by atoms with Crippen molar-refractivity contribution in [3.63, 3.8) is 0 Å². The average Bonchev–Trinajstić information content (AvgIpc) is 3.17. The number of rotatable bonds is 4. The predicted octanol–water partition coefficient (Wildman–Crippen LogP) is 2.72. The molecule has 0 spiro atoms. The van der Waals surface area contributed by atoms with Gasteiger partial charge in [0.1, 0.15) is 6.61 Å². The second kappa shape index (κ2) is 7.08. The van der Waals surface area contributed by atoms with E-state index < -0.39 is 71.3 Å². The van der Waals surface area contributed by atoms with Crippen LogP contribution in [-0.2, 0) is 19.1 Å². The Kier molecular flexibility index (Phi) is 3.92. The minimum absolute atomic E-state index is 0.0134. The lowest BCUT2D eigenvalue weighted by molar-refractivity contribution is -0.200. The monoisotopic (exact) mass is 434 g/mol. The number of allylic oxidation sites excluding steroid dienone is 4. The fourth-order valence-corrected chi connectivity index (χ4v) is 7.49. The number of carbonyl (C=O) groups excluding carboxylic acids is 2. The van der Waals surface area contributed by atoms with Crippen molar-refractivity contribution in [2.75, 3.05) is 6.61 Å². The highest BCUT2D eigenvalue weighted by atomic mass is 16.7. The second-order valence-electron chi connectivity index (χ2n) is 10.2. The van der Waals surface area contributed by atoms with Crippen LogP contribution in [0.4, 0.5) is 0 Å². The molecule has 4 aliphatic carbocycles. The maximum absolute atomic E-state index is 13.4. The van der Waals surface area contributed by atoms with Gasteiger partial charge in [-0.3, -0.25) is 9.59 Å². The van der Waals surface area contributed by atoms with Crippen LogP contribution in [0.3, 0.4) is 0 Å². The summed E-state index contributed by atoms with van der Waals surface area (Å²) < 4.78 is 47.1. The Labute approximate surface area is 189 Å². The van der Waals surface area contributed by atoms with Crippen molar-refractivity contribution >= 4 is 11.6 Å². The van der Waals surface area contributed by atoms with Gasteiger partial charge in [-0.2, -0.15) is 0 Å². The zero-order valence-corrected chi connectivity index (χ0v) is 18.3. The minimum atomic E-state index is -1.96. The summed E-state index contributed by atoms with van der Waals surface area (Å²) in [5.41, 5.74) is -3.54. The normalized spacial score (nSPS) is 56.5. The lowest BCUT2D eigenvalue weighted by Crippen LogP contribution is -2.63. The molecule has 5 aliphatic rings. The first-order valence-electron chi connectivity index (χ1n) is 13.4. The fourth-order valence-electron chi connectivity index (χ4n) is 7.49. The third-order valence-electron chi connectivity index (χ3n) is 8.75. The molecular weight excluding hydrogens is 396 g/mol. The molecule has 0 aromatic rings. The number of hydrogen-bond donors (Lipinski definition) is 2. The molecule has 4 fully saturated rings. The van der Waals surface area contributed by atoms with Crippen molar-refractivity contribution in [3.8, 4) is 0 Å². The molecule has 1 unspecified atom stereocenters. The summed E-state index contributed by atoms with van der Waals surface area (Å²) in [6, 6.07) is -0.348. The molecule has 5 rings (SSSR count). The summed E-state index contributed by atoms with van der Waals surface area (Å²) >= 11 is 0. The standard InChI is InChI=1S/C25H34O6/c1-4-5-21-30-20-11-17-16-7-6-14-10-15(27)8-9-23(14,2)22(16)18(28)12-24(17,3)25(20,31-21)19(29)13-26/h8-10,16-18,20-22,26,28H,4-7,11-13H2,1-3H3/t16-,17-,18-,20+,21?,22+,23-,24-,25+/m0/s1/i6D2,10D,21D. The van der Waals surface area contributed by atoms with Crippen LogP contribution in [0.15, 0.2) is 23.8 Å². The van der Waals surface area contributed by atoms with Gasteiger partial charge in [-0.25, -0.2) is 0 Å². The summed E-state index contributed by atoms with van der Waals surface area (Å²) in [7, 11) is 0. The smallest absolute Gasteiger partial charge is 0.193 e. The van der Waals surface area contributed by atoms with Crippen LogP contribution in [0.1, 0.15) is 64.7 Å². The minimum Gasteiger partial charge on any atom is -0.393 e. The van der Waals surface area contributed by atoms with Gasteiger partial charge in [0.2, 0.25) is 0 Å². The molecule has 170 valence electrons. The third-order valence-corrected chi connectivity index (χ3v) is 8.75. The zero-order chi connectivity index (χ0) is 25.8. The lowest BCUT2D eigenvalue weighted by atomic mass is 9.46. The van der Waals surface area contributed by atoms with Crippen molar-refractivity contribution in [1.82, 2.24) is 0 Å². The average molecular weight is 435 g/mol. The molecule has 1 heterocycles. The van der Waals surface area contributed by atoms with E-state index in [-0.39, 0.29) is 36.8 Å². The van der Waals surface area contributed by atoms with Gasteiger partial charge in [0.05, 0.1) is 14.9 Å². The quantitative estimate of drug-likeness (QED) is 0.707. The number of fused-ring (bicyclic) bond motifs is 7. The number of carbonyl (C=O) groups is 2. The fraction of sp³-hybridized carbons (Fsp3) is 0.760. The van der Waals surface area contributed by atoms with E-state index in [4.69, 9.17) is 15.0 Å². The first-order valence-corrected chi connectivity index (χ1v) is 11.4. The van der Waals surface area contributed by atoms with Gasteiger partial charge in [0, 0.05) is 19.5 Å². The van der Waals surface area contributed by atoms with Crippen molar-refractivity contribution in [2.24, 2.45) is 28.6 Å². The SMILES string of the molecule is [2H]C1=C2C([2H])([2H])C[C@@H]3[C@H]([C@@H](O)C[C@@]4(C)[C@H]3C[C@H]3OC([2H])(CCC)O[C@]34C(=O)CO)[C@@]2(C)C=CC1=O. The van der Waals surface area contributed by atoms with Crippen LogP contribution in [0.5, 0.6) is 0 Å². The van der Waals surface area contributed by atoms with Crippen LogP contribution in [0, 0.1) is 28.6 Å². The summed E-state index contributed by atoms with van der Waals surface area (Å²) in [6.45, 7) is 4.72. The number of ether oxygens (including phenoxy) is 2. The van der Waals surface area contributed by atoms with E-state index in [1.54, 1.807) is 13.0 Å². The summed E-state index contributed by atoms with van der Waals surface area (Å²) in [4.78, 5) is 25.6. The van der Waals surface area contributed by atoms with Gasteiger partial charge < -0.3 is 19.7 Å². The van der Waals surface area contributed by atoms with Crippen molar-refractivity contribution < 1.29 is 34.8 Å². The van der Waals surface area contributed by atoms with E-state index in [0.29, 0.717) is 12.8 Å². The van der Waals surface area contributed by atoms with Crippen molar-refractivity contribution in [3.05, 3.63) is 23.8 Å². The molecule has 1 aliphatic heterocycles. The van der Waals surface area contributed by atoms with Crippen molar-refractivity contribution in [2.45, 2.75) is 83.3 Å². The molecule has 31 heavy (non-hydrogen) atoms. The maximum Gasteiger partial charge on any atom is 0.193 e. The van der Waals surface area contributed by atoms with Gasteiger partial charge in [-0.1, -0.05) is 38.8 Å². The van der Waals surface area contributed by atoms with Crippen LogP contribution in [0.25, 0.3) is 0 Å². The summed E-state index contributed by atoms with van der Waals surface area (Å²) in [6.07, 6.45) is -1.22. The Balaban J connectivity index is 1.63. The maximum atomic E-state index is 13.4. The third kappa shape index (κ3) is 2.65. The van der Waals surface area contributed by atoms with E-state index in [2.05, 4.69) is 0 Å². The summed E-state index contributed by atoms with van der Waals surface area (Å²) in [5, 5.41) is 21.6. The molecule has 0 aromatic carbocycles. The molecule has 2 N–H and O–H groups in total. The van der Waals surface area contributed by atoms with E-state index in [1.165, 1.54) is 6.08 Å². The number of ketones is 2. The van der Waals surface area contributed by atoms with Gasteiger partial charge in [-0.15, -0.1) is 0 Å². The Hall–Kier alpha value is -1.34. The van der Waals surface area contributed by atoms with Gasteiger partial charge in [0.25, 0.3) is 0 Å². The van der Waals surface area contributed by atoms with E-state index in [0.717, 1.165) is 0 Å². The highest BCUT2D eigenvalue weighted by molar-refractivity contribution is 6.01.